The fourth-order valence-electron chi connectivity index (χ4n) is 4.17. The summed E-state index contributed by atoms with van der Waals surface area (Å²) < 4.78 is 4.45. The van der Waals surface area contributed by atoms with E-state index in [4.69, 9.17) is 5.73 Å². The van der Waals surface area contributed by atoms with E-state index in [1.165, 1.54) is 11.6 Å². The van der Waals surface area contributed by atoms with E-state index in [1.54, 1.807) is 7.05 Å². The smallest absolute Gasteiger partial charge is 0.332 e. The Morgan fingerprint density at radius 3 is 2.59 bits per heavy atom. The summed E-state index contributed by atoms with van der Waals surface area (Å²) in [6, 6.07) is 8.21. The molecule has 0 bridgehead atoms. The Bertz CT molecular complexity index is 1170. The average Bonchev–Trinajstić information content (AvgIpc) is 3.06. The Morgan fingerprint density at radius 1 is 1.14 bits per heavy atom. The van der Waals surface area contributed by atoms with Crippen LogP contribution in [0.5, 0.6) is 0 Å². The van der Waals surface area contributed by atoms with Crippen molar-refractivity contribution in [2.75, 3.05) is 5.32 Å². The first-order valence-electron chi connectivity index (χ1n) is 10.1. The number of hydrogen-bond acceptors (Lipinski definition) is 5. The Morgan fingerprint density at radius 2 is 1.86 bits per heavy atom. The Labute approximate surface area is 169 Å². The van der Waals surface area contributed by atoms with Crippen LogP contribution >= 0.6 is 0 Å². The largest absolute Gasteiger partial charge is 0.351 e. The van der Waals surface area contributed by atoms with Gasteiger partial charge in [0, 0.05) is 26.2 Å². The number of nitrogens with one attached hydrogen (secondary N) is 1. The summed E-state index contributed by atoms with van der Waals surface area (Å²) in [5.41, 5.74) is 8.65. The molecule has 154 valence electrons. The number of fused-ring (bicyclic) bond motifs is 1. The van der Waals surface area contributed by atoms with Crippen molar-refractivity contribution in [1.82, 2.24) is 18.7 Å². The molecule has 2 aromatic heterocycles. The van der Waals surface area contributed by atoms with Crippen LogP contribution in [0.1, 0.15) is 36.8 Å². The van der Waals surface area contributed by atoms with Crippen molar-refractivity contribution in [3.63, 3.8) is 0 Å². The fraction of sp³-hybridized carbons (Fsp3) is 0.476. The molecule has 1 aliphatic carbocycles. The van der Waals surface area contributed by atoms with E-state index in [0.29, 0.717) is 23.7 Å². The fourth-order valence-corrected chi connectivity index (χ4v) is 4.17. The third-order valence-corrected chi connectivity index (χ3v) is 6.07. The Hall–Kier alpha value is -2.87. The van der Waals surface area contributed by atoms with Gasteiger partial charge in [-0.1, -0.05) is 37.1 Å². The molecular weight excluding hydrogens is 368 g/mol. The maximum absolute atomic E-state index is 13.0. The molecule has 0 unspecified atom stereocenters. The van der Waals surface area contributed by atoms with E-state index >= 15 is 0 Å². The first kappa shape index (κ1) is 19.4. The van der Waals surface area contributed by atoms with Crippen molar-refractivity contribution in [2.24, 2.45) is 19.8 Å². The van der Waals surface area contributed by atoms with Gasteiger partial charge in [0.25, 0.3) is 5.56 Å². The van der Waals surface area contributed by atoms with Crippen LogP contribution in [0.15, 0.2) is 33.9 Å². The maximum atomic E-state index is 13.0. The molecule has 3 N–H and O–H groups in total. The van der Waals surface area contributed by atoms with E-state index in [-0.39, 0.29) is 23.3 Å². The van der Waals surface area contributed by atoms with Crippen LogP contribution in [-0.4, -0.2) is 30.8 Å². The molecule has 29 heavy (non-hydrogen) atoms. The first-order valence-corrected chi connectivity index (χ1v) is 10.1. The molecule has 8 heteroatoms. The summed E-state index contributed by atoms with van der Waals surface area (Å²) in [6.45, 7) is 2.54. The molecular formula is C21H28N6O2. The van der Waals surface area contributed by atoms with Gasteiger partial charge in [0.2, 0.25) is 5.95 Å². The monoisotopic (exact) mass is 396 g/mol. The number of nitrogens with two attached hydrogens (primary N) is 1. The van der Waals surface area contributed by atoms with Crippen molar-refractivity contribution < 1.29 is 0 Å². The van der Waals surface area contributed by atoms with Gasteiger partial charge >= 0.3 is 5.69 Å². The zero-order valence-electron chi connectivity index (χ0n) is 17.2. The predicted octanol–water partition coefficient (Wildman–Crippen LogP) is 1.47. The van der Waals surface area contributed by atoms with Crippen molar-refractivity contribution in [3.05, 3.63) is 56.2 Å². The van der Waals surface area contributed by atoms with Gasteiger partial charge in [-0.25, -0.2) is 4.79 Å². The molecule has 1 saturated carbocycles. The Kier molecular flexibility index (Phi) is 5.04. The van der Waals surface area contributed by atoms with E-state index in [0.717, 1.165) is 41.4 Å². The molecule has 1 fully saturated rings. The van der Waals surface area contributed by atoms with Crippen molar-refractivity contribution in [3.8, 4) is 0 Å². The summed E-state index contributed by atoms with van der Waals surface area (Å²) in [6.07, 6.45) is 4.18. The molecule has 3 aromatic rings. The van der Waals surface area contributed by atoms with Crippen LogP contribution in [0.25, 0.3) is 11.2 Å². The van der Waals surface area contributed by atoms with Gasteiger partial charge in [-0.05, 0) is 30.9 Å². The van der Waals surface area contributed by atoms with Gasteiger partial charge in [-0.2, -0.15) is 4.98 Å². The quantitative estimate of drug-likeness (QED) is 0.696. The highest BCUT2D eigenvalue weighted by Crippen LogP contribution is 2.24. The minimum absolute atomic E-state index is 0.0436. The topological polar surface area (TPSA) is 99.9 Å². The van der Waals surface area contributed by atoms with Gasteiger partial charge < -0.3 is 11.1 Å². The number of benzene rings is 1. The zero-order valence-corrected chi connectivity index (χ0v) is 17.2. The normalized spacial score (nSPS) is 19.6. The van der Waals surface area contributed by atoms with Gasteiger partial charge in [-0.3, -0.25) is 18.5 Å². The molecule has 0 saturated heterocycles. The van der Waals surface area contributed by atoms with Gasteiger partial charge in [0.1, 0.15) is 0 Å². The maximum Gasteiger partial charge on any atom is 0.332 e. The van der Waals surface area contributed by atoms with Crippen molar-refractivity contribution in [1.29, 1.82) is 0 Å². The number of nitrogens with zero attached hydrogens (tertiary/aromatic N) is 4. The van der Waals surface area contributed by atoms with E-state index in [2.05, 4.69) is 10.3 Å². The van der Waals surface area contributed by atoms with Crippen LogP contribution < -0.4 is 22.3 Å². The lowest BCUT2D eigenvalue weighted by Crippen LogP contribution is -2.43. The third-order valence-electron chi connectivity index (χ3n) is 6.07. The Balaban J connectivity index is 1.90. The lowest BCUT2D eigenvalue weighted by atomic mass is 9.91. The number of rotatable bonds is 4. The second kappa shape index (κ2) is 7.51. The summed E-state index contributed by atoms with van der Waals surface area (Å²) in [5.74, 6) is 0.587. The molecule has 0 radical (unpaired) electrons. The van der Waals surface area contributed by atoms with Gasteiger partial charge in [0.05, 0.1) is 6.54 Å². The predicted molar refractivity (Wildman–Crippen MR) is 114 cm³/mol. The molecule has 1 aliphatic rings. The van der Waals surface area contributed by atoms with Gasteiger partial charge in [0.15, 0.2) is 11.2 Å². The van der Waals surface area contributed by atoms with Gasteiger partial charge in [-0.15, -0.1) is 0 Å². The third kappa shape index (κ3) is 3.37. The summed E-state index contributed by atoms with van der Waals surface area (Å²) in [7, 11) is 3.14. The first-order chi connectivity index (χ1) is 13.9. The van der Waals surface area contributed by atoms with E-state index in [1.807, 2.05) is 35.8 Å². The molecule has 2 heterocycles. The molecule has 0 spiro atoms. The number of anilines is 1. The average molecular weight is 396 g/mol. The highest BCUT2D eigenvalue weighted by molar-refractivity contribution is 5.74. The van der Waals surface area contributed by atoms with Crippen LogP contribution in [0, 0.1) is 6.92 Å². The minimum atomic E-state index is -0.385. The second-order valence-electron chi connectivity index (χ2n) is 8.03. The summed E-state index contributed by atoms with van der Waals surface area (Å²) >= 11 is 0. The lowest BCUT2D eigenvalue weighted by molar-refractivity contribution is 0.401. The zero-order chi connectivity index (χ0) is 20.7. The number of aryl methyl sites for hydroxylation is 2. The molecule has 0 aliphatic heterocycles. The lowest BCUT2D eigenvalue weighted by Gasteiger charge is -2.29. The van der Waals surface area contributed by atoms with Crippen molar-refractivity contribution in [2.45, 2.75) is 51.2 Å². The standard InChI is InChI=1S/C21H28N6O2/c1-13-8-4-5-9-14(13)12-27-17-18(25(2)21(29)26(3)19(17)28)24-20(27)23-16-11-7-6-10-15(16)22/h4-5,8-9,15-16H,6-7,10-12,22H2,1-3H3,(H,23,24)/t15-,16-/m0/s1. The molecule has 1 aromatic carbocycles. The number of aromatic nitrogens is 4. The number of imidazole rings is 1. The van der Waals surface area contributed by atoms with Crippen LogP contribution in [-0.2, 0) is 20.6 Å². The molecule has 0 amide bonds. The van der Waals surface area contributed by atoms with E-state index < -0.39 is 0 Å². The van der Waals surface area contributed by atoms with Crippen LogP contribution in [0.2, 0.25) is 0 Å². The molecule has 8 nitrogen and oxygen atoms in total. The van der Waals surface area contributed by atoms with Crippen LogP contribution in [0.4, 0.5) is 5.95 Å². The highest BCUT2D eigenvalue weighted by atomic mass is 16.2. The minimum Gasteiger partial charge on any atom is -0.351 e. The summed E-state index contributed by atoms with van der Waals surface area (Å²) in [4.78, 5) is 30.1. The second-order valence-corrected chi connectivity index (χ2v) is 8.03. The van der Waals surface area contributed by atoms with Crippen molar-refractivity contribution >= 4 is 17.1 Å². The highest BCUT2D eigenvalue weighted by Gasteiger charge is 2.26. The molecule has 2 atom stereocenters. The van der Waals surface area contributed by atoms with E-state index in [9.17, 15) is 9.59 Å². The summed E-state index contributed by atoms with van der Waals surface area (Å²) in [5, 5.41) is 3.49. The number of hydrogen-bond donors (Lipinski definition) is 2. The molecule has 4 rings (SSSR count). The van der Waals surface area contributed by atoms with Crippen LogP contribution in [0.3, 0.4) is 0 Å². The SMILES string of the molecule is Cc1ccccc1Cn1c(N[C@H]2CCCC[C@@H]2N)nc2c1c(=O)n(C)c(=O)n2C.